The number of nitrogens with one attached hydrogen (secondary N) is 1. The first-order valence-electron chi connectivity index (χ1n) is 8.30. The van der Waals surface area contributed by atoms with Crippen LogP contribution >= 0.6 is 11.8 Å². The Morgan fingerprint density at radius 1 is 1.33 bits per heavy atom. The SMILES string of the molecule is CCCC1CNC(C)(C)CN1CC1CSc2ccccc21. The maximum absolute atomic E-state index is 3.72. The van der Waals surface area contributed by atoms with E-state index >= 15 is 0 Å². The summed E-state index contributed by atoms with van der Waals surface area (Å²) in [5.74, 6) is 1.96. The zero-order valence-electron chi connectivity index (χ0n) is 13.6. The Balaban J connectivity index is 1.72. The molecular weight excluding hydrogens is 276 g/mol. The molecule has 0 aromatic heterocycles. The van der Waals surface area contributed by atoms with Gasteiger partial charge in [0.05, 0.1) is 0 Å². The topological polar surface area (TPSA) is 15.3 Å². The van der Waals surface area contributed by atoms with Crippen molar-refractivity contribution in [1.82, 2.24) is 10.2 Å². The molecule has 0 amide bonds. The summed E-state index contributed by atoms with van der Waals surface area (Å²) in [4.78, 5) is 4.26. The molecule has 1 aromatic rings. The standard InChI is InChI=1S/C18H28N2S/c1-4-7-15-10-19-18(2,3)13-20(15)11-14-12-21-17-9-6-5-8-16(14)17/h5-6,8-9,14-15,19H,4,7,10-13H2,1-3H3. The van der Waals surface area contributed by atoms with Gasteiger partial charge in [0.2, 0.25) is 0 Å². The van der Waals surface area contributed by atoms with Crippen molar-refractivity contribution < 1.29 is 0 Å². The molecule has 2 heterocycles. The highest BCUT2D eigenvalue weighted by Crippen LogP contribution is 2.40. The number of piperazine rings is 1. The van der Waals surface area contributed by atoms with Crippen molar-refractivity contribution in [2.75, 3.05) is 25.4 Å². The van der Waals surface area contributed by atoms with E-state index in [1.807, 2.05) is 11.8 Å². The molecule has 0 spiro atoms. The Kier molecular flexibility index (Phi) is 4.63. The molecule has 2 aliphatic rings. The lowest BCUT2D eigenvalue weighted by molar-refractivity contribution is 0.0852. The molecule has 2 unspecified atom stereocenters. The van der Waals surface area contributed by atoms with Crippen LogP contribution in [0.2, 0.25) is 0 Å². The second-order valence-corrected chi connectivity index (χ2v) is 8.24. The van der Waals surface area contributed by atoms with Gasteiger partial charge in [0.1, 0.15) is 0 Å². The minimum Gasteiger partial charge on any atom is -0.309 e. The molecule has 116 valence electrons. The average Bonchev–Trinajstić information content (AvgIpc) is 2.85. The van der Waals surface area contributed by atoms with Gasteiger partial charge in [-0.1, -0.05) is 31.5 Å². The van der Waals surface area contributed by atoms with Gasteiger partial charge in [-0.2, -0.15) is 0 Å². The van der Waals surface area contributed by atoms with E-state index in [0.29, 0.717) is 12.0 Å². The first-order valence-corrected chi connectivity index (χ1v) is 9.28. The van der Waals surface area contributed by atoms with Gasteiger partial charge in [-0.15, -0.1) is 11.8 Å². The smallest absolute Gasteiger partial charge is 0.0252 e. The highest BCUT2D eigenvalue weighted by molar-refractivity contribution is 7.99. The second kappa shape index (κ2) is 6.31. The normalized spacial score (nSPS) is 28.5. The summed E-state index contributed by atoms with van der Waals surface area (Å²) in [5, 5.41) is 3.72. The molecule has 0 bridgehead atoms. The zero-order valence-corrected chi connectivity index (χ0v) is 14.4. The van der Waals surface area contributed by atoms with Gasteiger partial charge in [0, 0.05) is 47.8 Å². The molecule has 21 heavy (non-hydrogen) atoms. The number of fused-ring (bicyclic) bond motifs is 1. The Hall–Kier alpha value is -0.510. The summed E-state index contributed by atoms with van der Waals surface area (Å²) in [6.07, 6.45) is 2.59. The highest BCUT2D eigenvalue weighted by atomic mass is 32.2. The van der Waals surface area contributed by atoms with Crippen LogP contribution in [-0.4, -0.2) is 41.9 Å². The van der Waals surface area contributed by atoms with E-state index in [1.54, 1.807) is 5.56 Å². The molecule has 2 nitrogen and oxygen atoms in total. The van der Waals surface area contributed by atoms with Crippen LogP contribution in [0, 0.1) is 0 Å². The fourth-order valence-electron chi connectivity index (χ4n) is 3.71. The lowest BCUT2D eigenvalue weighted by Gasteiger charge is -2.45. The molecule has 3 rings (SSSR count). The third kappa shape index (κ3) is 3.46. The van der Waals surface area contributed by atoms with Gasteiger partial charge in [0.15, 0.2) is 0 Å². The second-order valence-electron chi connectivity index (χ2n) is 7.18. The van der Waals surface area contributed by atoms with Crippen LogP contribution in [0.5, 0.6) is 0 Å². The molecule has 1 N–H and O–H groups in total. The van der Waals surface area contributed by atoms with E-state index in [0.717, 1.165) is 6.54 Å². The molecule has 0 aliphatic carbocycles. The molecule has 2 atom stereocenters. The van der Waals surface area contributed by atoms with E-state index in [2.05, 4.69) is 55.3 Å². The average molecular weight is 305 g/mol. The van der Waals surface area contributed by atoms with Gasteiger partial charge in [-0.3, -0.25) is 4.90 Å². The quantitative estimate of drug-likeness (QED) is 0.912. The molecule has 0 saturated carbocycles. The van der Waals surface area contributed by atoms with E-state index < -0.39 is 0 Å². The van der Waals surface area contributed by atoms with E-state index in [4.69, 9.17) is 0 Å². The van der Waals surface area contributed by atoms with Crippen molar-refractivity contribution in [2.45, 2.75) is 56.0 Å². The van der Waals surface area contributed by atoms with Gasteiger partial charge in [-0.25, -0.2) is 0 Å². The van der Waals surface area contributed by atoms with E-state index in [9.17, 15) is 0 Å². The minimum absolute atomic E-state index is 0.246. The molecule has 1 saturated heterocycles. The van der Waals surface area contributed by atoms with Crippen LogP contribution in [0.25, 0.3) is 0 Å². The summed E-state index contributed by atoms with van der Waals surface area (Å²) in [7, 11) is 0. The first kappa shape index (κ1) is 15.4. The fraction of sp³-hybridized carbons (Fsp3) is 0.667. The van der Waals surface area contributed by atoms with Crippen molar-refractivity contribution in [2.24, 2.45) is 0 Å². The summed E-state index contributed by atoms with van der Waals surface area (Å²) in [6, 6.07) is 9.69. The minimum atomic E-state index is 0.246. The number of hydrogen-bond acceptors (Lipinski definition) is 3. The van der Waals surface area contributed by atoms with Crippen molar-refractivity contribution in [1.29, 1.82) is 0 Å². The predicted molar refractivity (Wildman–Crippen MR) is 92.3 cm³/mol. The third-order valence-electron chi connectivity index (χ3n) is 4.81. The lowest BCUT2D eigenvalue weighted by Crippen LogP contribution is -2.62. The number of thioether (sulfide) groups is 1. The third-order valence-corrected chi connectivity index (χ3v) is 6.06. The van der Waals surface area contributed by atoms with Crippen LogP contribution in [-0.2, 0) is 0 Å². The van der Waals surface area contributed by atoms with Crippen LogP contribution in [0.1, 0.15) is 45.1 Å². The van der Waals surface area contributed by atoms with Crippen molar-refractivity contribution in [3.05, 3.63) is 29.8 Å². The maximum Gasteiger partial charge on any atom is 0.0252 e. The largest absolute Gasteiger partial charge is 0.309 e. The Labute approximate surface area is 133 Å². The van der Waals surface area contributed by atoms with Crippen LogP contribution in [0.3, 0.4) is 0 Å². The maximum atomic E-state index is 3.72. The van der Waals surface area contributed by atoms with Gasteiger partial charge in [-0.05, 0) is 31.9 Å². The van der Waals surface area contributed by atoms with E-state index in [1.165, 1.54) is 36.6 Å². The zero-order chi connectivity index (χ0) is 14.9. The Morgan fingerprint density at radius 2 is 2.14 bits per heavy atom. The number of rotatable bonds is 4. The number of benzene rings is 1. The summed E-state index contributed by atoms with van der Waals surface area (Å²) in [5.41, 5.74) is 1.82. The Morgan fingerprint density at radius 3 is 2.95 bits per heavy atom. The molecular formula is C18H28N2S. The predicted octanol–water partition coefficient (Wildman–Crippen LogP) is 3.73. The Bertz CT molecular complexity index is 486. The highest BCUT2D eigenvalue weighted by Gasteiger charge is 2.34. The van der Waals surface area contributed by atoms with E-state index in [-0.39, 0.29) is 5.54 Å². The number of hydrogen-bond donors (Lipinski definition) is 1. The molecule has 2 aliphatic heterocycles. The first-order chi connectivity index (χ1) is 10.1. The van der Waals surface area contributed by atoms with Crippen LogP contribution in [0.4, 0.5) is 0 Å². The fourth-order valence-corrected chi connectivity index (χ4v) is 4.95. The lowest BCUT2D eigenvalue weighted by atomic mass is 9.93. The van der Waals surface area contributed by atoms with Gasteiger partial charge in [0.25, 0.3) is 0 Å². The molecule has 0 radical (unpaired) electrons. The summed E-state index contributed by atoms with van der Waals surface area (Å²) < 4.78 is 0. The number of nitrogens with zero attached hydrogens (tertiary/aromatic N) is 1. The molecule has 1 fully saturated rings. The van der Waals surface area contributed by atoms with Crippen molar-refractivity contribution in [3.63, 3.8) is 0 Å². The monoisotopic (exact) mass is 304 g/mol. The molecule has 1 aromatic carbocycles. The summed E-state index contributed by atoms with van der Waals surface area (Å²) >= 11 is 2.04. The van der Waals surface area contributed by atoms with Gasteiger partial charge < -0.3 is 5.32 Å². The molecule has 3 heteroatoms. The van der Waals surface area contributed by atoms with Crippen LogP contribution in [0.15, 0.2) is 29.2 Å². The van der Waals surface area contributed by atoms with Crippen molar-refractivity contribution >= 4 is 11.8 Å². The van der Waals surface area contributed by atoms with Gasteiger partial charge >= 0.3 is 0 Å². The van der Waals surface area contributed by atoms with Crippen molar-refractivity contribution in [3.8, 4) is 0 Å². The van der Waals surface area contributed by atoms with Crippen LogP contribution < -0.4 is 5.32 Å². The summed E-state index contributed by atoms with van der Waals surface area (Å²) in [6.45, 7) is 10.5.